The van der Waals surface area contributed by atoms with E-state index in [0.29, 0.717) is 0 Å². The second-order valence-corrected chi connectivity index (χ2v) is 22.2. The molecule has 2 rings (SSSR count). The van der Waals surface area contributed by atoms with Crippen LogP contribution in [-0.2, 0) is 7.05 Å². The van der Waals surface area contributed by atoms with Crippen molar-refractivity contribution in [2.75, 3.05) is 0 Å². The molecule has 6 heteroatoms. The van der Waals surface area contributed by atoms with Crippen LogP contribution >= 0.6 is 35.6 Å². The number of pyridine rings is 1. The Balaban J connectivity index is 0.000000221. The minimum atomic E-state index is -3.05. The van der Waals surface area contributed by atoms with Gasteiger partial charge in [0.2, 0.25) is 5.52 Å². The van der Waals surface area contributed by atoms with Crippen LogP contribution in [0.25, 0.3) is 10.9 Å². The average Bonchev–Trinajstić information content (AvgIpc) is 2.16. The Morgan fingerprint density at radius 2 is 1.44 bits per heavy atom. The van der Waals surface area contributed by atoms with Crippen LogP contribution in [0.3, 0.4) is 0 Å². The zero-order chi connectivity index (χ0) is 12.2. The van der Waals surface area contributed by atoms with E-state index < -0.39 is 13.9 Å². The average molecular weight is 413 g/mol. The molecule has 0 atom stereocenters. The predicted molar refractivity (Wildman–Crippen MR) is 68.5 cm³/mol. The molecule has 0 aliphatic carbocycles. The van der Waals surface area contributed by atoms with Gasteiger partial charge in [0.15, 0.2) is 6.20 Å². The summed E-state index contributed by atoms with van der Waals surface area (Å²) in [5.74, 6) is 0. The number of nitrogens with zero attached hydrogens (tertiary/aromatic N) is 1. The first-order chi connectivity index (χ1) is 7.38. The van der Waals surface area contributed by atoms with Gasteiger partial charge in [0.25, 0.3) is 0 Å². The second kappa shape index (κ2) is 6.45. The van der Waals surface area contributed by atoms with Crippen LogP contribution in [0, 0.1) is 0 Å². The van der Waals surface area contributed by atoms with Crippen molar-refractivity contribution in [1.29, 1.82) is 0 Å². The van der Waals surface area contributed by atoms with Gasteiger partial charge in [-0.05, 0) is 12.1 Å². The Labute approximate surface area is 114 Å². The van der Waals surface area contributed by atoms with Gasteiger partial charge < -0.3 is 0 Å². The van der Waals surface area contributed by atoms with Crippen molar-refractivity contribution < 1.29 is 18.5 Å². The van der Waals surface area contributed by atoms with Gasteiger partial charge in [0.1, 0.15) is 7.05 Å². The maximum atomic E-state index is 5.01. The molecule has 1 aromatic carbocycles. The molecule has 1 heterocycles. The molecule has 0 fully saturated rings. The summed E-state index contributed by atoms with van der Waals surface area (Å²) in [5, 5.41) is 1.29. The third kappa shape index (κ3) is 5.73. The van der Waals surface area contributed by atoms with Crippen LogP contribution in [0.5, 0.6) is 0 Å². The Hall–Kier alpha value is 0.520. The normalized spacial score (nSPS) is 11.8. The van der Waals surface area contributed by atoms with Gasteiger partial charge >= 0.3 is 49.6 Å². The number of aromatic nitrogens is 1. The van der Waals surface area contributed by atoms with E-state index in [-0.39, 0.29) is 0 Å². The Kier molecular flexibility index (Phi) is 5.88. The number of para-hydroxylation sites is 1. The Morgan fingerprint density at radius 1 is 0.938 bits per heavy atom. The summed E-state index contributed by atoms with van der Waals surface area (Å²) in [6.45, 7) is 0. The molecule has 1 nitrogen and oxygen atoms in total. The van der Waals surface area contributed by atoms with Gasteiger partial charge in [0, 0.05) is 17.5 Å². The molecule has 16 heavy (non-hydrogen) atoms. The first-order valence-corrected chi connectivity index (χ1v) is 15.2. The van der Waals surface area contributed by atoms with Crippen molar-refractivity contribution in [1.82, 2.24) is 0 Å². The van der Waals surface area contributed by atoms with Crippen LogP contribution in [0.1, 0.15) is 0 Å². The summed E-state index contributed by atoms with van der Waals surface area (Å²) in [6.07, 6.45) is 2.06. The number of halogens is 5. The Morgan fingerprint density at radius 3 is 2.00 bits per heavy atom. The zero-order valence-electron chi connectivity index (χ0n) is 8.38. The quantitative estimate of drug-likeness (QED) is 0.455. The van der Waals surface area contributed by atoms with Gasteiger partial charge in [-0.25, -0.2) is 4.57 Å². The van der Waals surface area contributed by atoms with Crippen LogP contribution in [0.2, 0.25) is 0 Å². The monoisotopic (exact) mass is 411 g/mol. The molecular formula is C10H10Cl4IN. The summed E-state index contributed by atoms with van der Waals surface area (Å²) in [5.41, 5.74) is 1.27. The number of hydrogen-bond acceptors (Lipinski definition) is 0. The van der Waals surface area contributed by atoms with E-state index in [4.69, 9.17) is 35.6 Å². The van der Waals surface area contributed by atoms with Crippen LogP contribution in [-0.4, -0.2) is 0 Å². The molecule has 0 aliphatic heterocycles. The molecule has 0 spiro atoms. The van der Waals surface area contributed by atoms with E-state index in [9.17, 15) is 0 Å². The fourth-order valence-electron chi connectivity index (χ4n) is 1.31. The van der Waals surface area contributed by atoms with Crippen molar-refractivity contribution >= 4 is 46.5 Å². The number of fused-ring (bicyclic) bond motifs is 1. The number of hydrogen-bond donors (Lipinski definition) is 0. The van der Waals surface area contributed by atoms with Crippen LogP contribution in [0.4, 0.5) is 0 Å². The molecule has 0 N–H and O–H groups in total. The van der Waals surface area contributed by atoms with Gasteiger partial charge in [-0.15, -0.1) is 0 Å². The second-order valence-electron chi connectivity index (χ2n) is 3.00. The third-order valence-corrected chi connectivity index (χ3v) is 1.90. The van der Waals surface area contributed by atoms with E-state index in [2.05, 4.69) is 54.2 Å². The molecule has 0 aliphatic rings. The van der Waals surface area contributed by atoms with Gasteiger partial charge in [-0.2, -0.15) is 0 Å². The zero-order valence-corrected chi connectivity index (χ0v) is 13.6. The van der Waals surface area contributed by atoms with E-state index in [1.165, 1.54) is 10.9 Å². The molecule has 2 aromatic rings. The number of aryl methyl sites for hydroxylation is 1. The van der Waals surface area contributed by atoms with Crippen molar-refractivity contribution in [3.8, 4) is 0 Å². The molecule has 0 amide bonds. The molecular weight excluding hydrogens is 403 g/mol. The predicted octanol–water partition coefficient (Wildman–Crippen LogP) is 1.43. The molecule has 0 saturated carbocycles. The minimum absolute atomic E-state index is 1.27. The SMILES string of the molecule is C[n+]1cccc2ccccc21.Cl[I-](Cl)(Cl)Cl. The maximum absolute atomic E-state index is 5.01. The first-order valence-electron chi connectivity index (χ1n) is 4.28. The molecule has 1 aromatic heterocycles. The third-order valence-electron chi connectivity index (χ3n) is 1.90. The van der Waals surface area contributed by atoms with Gasteiger partial charge in [-0.3, -0.25) is 0 Å². The summed E-state index contributed by atoms with van der Waals surface area (Å²) in [7, 11) is 22.1. The molecule has 0 radical (unpaired) electrons. The topological polar surface area (TPSA) is 3.88 Å². The first kappa shape index (κ1) is 14.6. The number of rotatable bonds is 0. The summed E-state index contributed by atoms with van der Waals surface area (Å²) >= 11 is -3.05. The van der Waals surface area contributed by atoms with E-state index in [1.54, 1.807) is 0 Å². The van der Waals surface area contributed by atoms with Crippen molar-refractivity contribution in [3.05, 3.63) is 42.6 Å². The van der Waals surface area contributed by atoms with Crippen LogP contribution in [0.15, 0.2) is 42.6 Å². The fraction of sp³-hybridized carbons (Fsp3) is 0.100. The van der Waals surface area contributed by atoms with Crippen LogP contribution < -0.4 is 18.5 Å². The summed E-state index contributed by atoms with van der Waals surface area (Å²) < 4.78 is 2.12. The van der Waals surface area contributed by atoms with E-state index in [0.717, 1.165) is 0 Å². The van der Waals surface area contributed by atoms with Gasteiger partial charge in [0.05, 0.1) is 0 Å². The van der Waals surface area contributed by atoms with Gasteiger partial charge in [-0.1, -0.05) is 12.1 Å². The molecule has 0 saturated heterocycles. The van der Waals surface area contributed by atoms with Crippen molar-refractivity contribution in [3.63, 3.8) is 0 Å². The fourth-order valence-corrected chi connectivity index (χ4v) is 1.31. The van der Waals surface area contributed by atoms with E-state index >= 15 is 0 Å². The van der Waals surface area contributed by atoms with Crippen molar-refractivity contribution in [2.45, 2.75) is 0 Å². The van der Waals surface area contributed by atoms with E-state index in [1.807, 2.05) is 0 Å². The molecule has 90 valence electrons. The summed E-state index contributed by atoms with van der Waals surface area (Å²) in [6, 6.07) is 12.5. The standard InChI is InChI=1S/C10H10N.Cl4I/c1-11-8-4-6-9-5-2-3-7-10(9)11;1-5(2,3)4/h2-8H,1H3;/q+1;-1. The molecule has 0 bridgehead atoms. The van der Waals surface area contributed by atoms with Crippen molar-refractivity contribution in [2.24, 2.45) is 7.05 Å². The number of benzene rings is 1. The Bertz CT molecular complexity index is 458. The molecule has 0 unspecified atom stereocenters. The summed E-state index contributed by atoms with van der Waals surface area (Å²) in [4.78, 5) is 0.